The van der Waals surface area contributed by atoms with Crippen molar-refractivity contribution >= 4 is 5.78 Å². The Hall–Kier alpha value is -1.67. The molecule has 1 aliphatic carbocycles. The van der Waals surface area contributed by atoms with Crippen LogP contribution in [0.2, 0.25) is 0 Å². The highest BCUT2D eigenvalue weighted by atomic mass is 16.2. The standard InChI is InChI=1S/C13H20O.C12H18O/c1-4-5-8-12(14)11-7-6-9-13(2,3)10-11;13-11-7-2-1-4-8-12-9-5-3-6-10-12/h4,7H,1,5-6,8-10H2,2-3H3;3,5-6,9-10,13H,1-2,4,7-8,11H2. The fraction of sp³-hybridized carbons (Fsp3) is 0.560. The molecule has 0 radical (unpaired) electrons. The third kappa shape index (κ3) is 10.9. The molecule has 0 saturated heterocycles. The molecule has 0 bridgehead atoms. The van der Waals surface area contributed by atoms with E-state index in [0.717, 1.165) is 37.7 Å². The van der Waals surface area contributed by atoms with Gasteiger partial charge < -0.3 is 5.11 Å². The van der Waals surface area contributed by atoms with Gasteiger partial charge in [0.05, 0.1) is 0 Å². The van der Waals surface area contributed by atoms with Crippen molar-refractivity contribution in [1.29, 1.82) is 0 Å². The number of aryl methyl sites for hydroxylation is 1. The van der Waals surface area contributed by atoms with Crippen LogP contribution in [0.3, 0.4) is 0 Å². The van der Waals surface area contributed by atoms with Crippen LogP contribution in [0.4, 0.5) is 0 Å². The van der Waals surface area contributed by atoms with Gasteiger partial charge in [-0.25, -0.2) is 0 Å². The number of carbonyl (C=O) groups excluding carboxylic acids is 1. The first-order valence-corrected chi connectivity index (χ1v) is 10.5. The fourth-order valence-corrected chi connectivity index (χ4v) is 3.36. The smallest absolute Gasteiger partial charge is 0.158 e. The first-order chi connectivity index (χ1) is 13.0. The van der Waals surface area contributed by atoms with Gasteiger partial charge in [0.2, 0.25) is 0 Å². The van der Waals surface area contributed by atoms with Crippen molar-refractivity contribution in [2.45, 2.75) is 78.1 Å². The van der Waals surface area contributed by atoms with Crippen molar-refractivity contribution in [1.82, 2.24) is 0 Å². The quantitative estimate of drug-likeness (QED) is 0.380. The number of hydrogen-bond donors (Lipinski definition) is 1. The van der Waals surface area contributed by atoms with Gasteiger partial charge in [-0.2, -0.15) is 0 Å². The maximum atomic E-state index is 11.7. The number of hydrogen-bond acceptors (Lipinski definition) is 2. The second kappa shape index (κ2) is 13.5. The highest BCUT2D eigenvalue weighted by Crippen LogP contribution is 2.35. The first kappa shape index (κ1) is 23.4. The SMILES string of the molecule is C=CCCC(=O)C1=CCCC(C)(C)C1.OCCCCCCc1ccccc1. The van der Waals surface area contributed by atoms with E-state index < -0.39 is 0 Å². The Labute approximate surface area is 166 Å². The number of carbonyl (C=O) groups is 1. The summed E-state index contributed by atoms with van der Waals surface area (Å²) in [6, 6.07) is 10.6. The first-order valence-electron chi connectivity index (χ1n) is 10.5. The summed E-state index contributed by atoms with van der Waals surface area (Å²) in [5.74, 6) is 0.317. The van der Waals surface area contributed by atoms with Gasteiger partial charge in [-0.05, 0) is 61.5 Å². The molecule has 1 aromatic rings. The van der Waals surface area contributed by atoms with Gasteiger partial charge in [-0.3, -0.25) is 4.79 Å². The van der Waals surface area contributed by atoms with E-state index in [1.807, 2.05) is 6.08 Å². The molecule has 2 nitrogen and oxygen atoms in total. The number of aliphatic hydroxyl groups excluding tert-OH is 1. The Kier molecular flexibility index (Phi) is 11.7. The van der Waals surface area contributed by atoms with Gasteiger partial charge in [-0.15, -0.1) is 6.58 Å². The number of Topliss-reactive ketones (excluding diaryl/α,β-unsaturated/α-hetero) is 1. The molecule has 1 aliphatic rings. The summed E-state index contributed by atoms with van der Waals surface area (Å²) in [4.78, 5) is 11.7. The number of unbranched alkanes of at least 4 members (excludes halogenated alkanes) is 3. The molecule has 1 N–H and O–H groups in total. The number of aliphatic hydroxyl groups is 1. The van der Waals surface area contributed by atoms with Gasteiger partial charge in [0, 0.05) is 13.0 Å². The second-order valence-electron chi connectivity index (χ2n) is 8.23. The van der Waals surface area contributed by atoms with Crippen LogP contribution in [0, 0.1) is 5.41 Å². The molecule has 0 aromatic heterocycles. The van der Waals surface area contributed by atoms with E-state index in [0.29, 0.717) is 24.2 Å². The molecule has 0 aliphatic heterocycles. The molecule has 150 valence electrons. The van der Waals surface area contributed by atoms with E-state index in [1.165, 1.54) is 31.2 Å². The van der Waals surface area contributed by atoms with Crippen molar-refractivity contribution in [2.75, 3.05) is 6.61 Å². The number of rotatable bonds is 10. The van der Waals surface area contributed by atoms with Gasteiger partial charge in [0.15, 0.2) is 5.78 Å². The average molecular weight is 371 g/mol. The third-order valence-corrected chi connectivity index (χ3v) is 5.03. The minimum atomic E-state index is 0.313. The number of allylic oxidation sites excluding steroid dienone is 3. The lowest BCUT2D eigenvalue weighted by atomic mass is 9.76. The lowest BCUT2D eigenvalue weighted by Gasteiger charge is -2.29. The van der Waals surface area contributed by atoms with Crippen LogP contribution in [-0.2, 0) is 11.2 Å². The van der Waals surface area contributed by atoms with E-state index in [-0.39, 0.29) is 0 Å². The fourth-order valence-electron chi connectivity index (χ4n) is 3.36. The van der Waals surface area contributed by atoms with Crippen LogP contribution in [0.15, 0.2) is 54.6 Å². The Morgan fingerprint density at radius 2 is 1.85 bits per heavy atom. The van der Waals surface area contributed by atoms with Crippen LogP contribution in [-0.4, -0.2) is 17.5 Å². The van der Waals surface area contributed by atoms with E-state index in [1.54, 1.807) is 0 Å². The van der Waals surface area contributed by atoms with E-state index in [9.17, 15) is 4.79 Å². The Balaban J connectivity index is 0.000000271. The molecule has 0 amide bonds. The Morgan fingerprint density at radius 3 is 2.48 bits per heavy atom. The summed E-state index contributed by atoms with van der Waals surface area (Å²) >= 11 is 0. The molecule has 2 heteroatoms. The summed E-state index contributed by atoms with van der Waals surface area (Å²) in [5, 5.41) is 8.58. The summed E-state index contributed by atoms with van der Waals surface area (Å²) in [6.45, 7) is 8.45. The van der Waals surface area contributed by atoms with E-state index >= 15 is 0 Å². The molecule has 0 spiro atoms. The Morgan fingerprint density at radius 1 is 1.15 bits per heavy atom. The normalized spacial score (nSPS) is 15.3. The zero-order valence-electron chi connectivity index (χ0n) is 17.4. The van der Waals surface area contributed by atoms with Crippen LogP contribution in [0.25, 0.3) is 0 Å². The summed E-state index contributed by atoms with van der Waals surface area (Å²) in [5.41, 5.74) is 2.78. The predicted molar refractivity (Wildman–Crippen MR) is 116 cm³/mol. The van der Waals surface area contributed by atoms with Crippen molar-refractivity contribution in [2.24, 2.45) is 5.41 Å². The van der Waals surface area contributed by atoms with Crippen molar-refractivity contribution in [3.05, 3.63) is 60.2 Å². The lowest BCUT2D eigenvalue weighted by Crippen LogP contribution is -2.19. The zero-order valence-corrected chi connectivity index (χ0v) is 17.4. The van der Waals surface area contributed by atoms with Crippen LogP contribution in [0.1, 0.15) is 77.2 Å². The zero-order chi connectivity index (χ0) is 20.0. The second-order valence-corrected chi connectivity index (χ2v) is 8.23. The third-order valence-electron chi connectivity index (χ3n) is 5.03. The highest BCUT2D eigenvalue weighted by Gasteiger charge is 2.25. The number of benzene rings is 1. The van der Waals surface area contributed by atoms with Gasteiger partial charge in [0.25, 0.3) is 0 Å². The molecule has 0 unspecified atom stereocenters. The van der Waals surface area contributed by atoms with Crippen molar-refractivity contribution in [3.63, 3.8) is 0 Å². The molecular formula is C25H38O2. The largest absolute Gasteiger partial charge is 0.396 e. The van der Waals surface area contributed by atoms with Gasteiger partial charge in [0.1, 0.15) is 0 Å². The van der Waals surface area contributed by atoms with Gasteiger partial charge in [-0.1, -0.05) is 69.2 Å². The van der Waals surface area contributed by atoms with E-state index in [4.69, 9.17) is 5.11 Å². The monoisotopic (exact) mass is 370 g/mol. The molecule has 0 fully saturated rings. The highest BCUT2D eigenvalue weighted by molar-refractivity contribution is 5.95. The molecule has 27 heavy (non-hydrogen) atoms. The van der Waals surface area contributed by atoms with Gasteiger partial charge >= 0.3 is 0 Å². The average Bonchev–Trinajstić information content (AvgIpc) is 2.66. The summed E-state index contributed by atoms with van der Waals surface area (Å²) in [7, 11) is 0. The minimum absolute atomic E-state index is 0.313. The molecule has 2 rings (SSSR count). The van der Waals surface area contributed by atoms with E-state index in [2.05, 4.69) is 56.8 Å². The van der Waals surface area contributed by atoms with Crippen molar-refractivity contribution in [3.8, 4) is 0 Å². The molecular weight excluding hydrogens is 332 g/mol. The molecule has 0 heterocycles. The Bertz CT molecular complexity index is 569. The van der Waals surface area contributed by atoms with Crippen LogP contribution >= 0.6 is 0 Å². The molecule has 0 saturated carbocycles. The maximum Gasteiger partial charge on any atom is 0.158 e. The van der Waals surface area contributed by atoms with Crippen molar-refractivity contribution < 1.29 is 9.90 Å². The summed E-state index contributed by atoms with van der Waals surface area (Å²) < 4.78 is 0. The molecule has 1 aromatic carbocycles. The molecule has 0 atom stereocenters. The lowest BCUT2D eigenvalue weighted by molar-refractivity contribution is -0.116. The van der Waals surface area contributed by atoms with Crippen LogP contribution in [0.5, 0.6) is 0 Å². The summed E-state index contributed by atoms with van der Waals surface area (Å²) in [6.07, 6.45) is 14.3. The maximum absolute atomic E-state index is 11.7. The topological polar surface area (TPSA) is 37.3 Å². The minimum Gasteiger partial charge on any atom is -0.396 e. The number of ketones is 1. The predicted octanol–water partition coefficient (Wildman–Crippen LogP) is 6.44. The van der Waals surface area contributed by atoms with Crippen LogP contribution < -0.4 is 0 Å².